The first-order valence-corrected chi connectivity index (χ1v) is 8.29. The molecule has 1 saturated carbocycles. The van der Waals surface area contributed by atoms with Gasteiger partial charge in [-0.2, -0.15) is 0 Å². The zero-order chi connectivity index (χ0) is 16.9. The number of hydrogen-bond donors (Lipinski definition) is 0. The van der Waals surface area contributed by atoms with E-state index in [0.29, 0.717) is 23.3 Å². The summed E-state index contributed by atoms with van der Waals surface area (Å²) in [5.74, 6) is 1.17. The quantitative estimate of drug-likeness (QED) is 0.317. The summed E-state index contributed by atoms with van der Waals surface area (Å²) in [5.41, 5.74) is -0.115. The van der Waals surface area contributed by atoms with Gasteiger partial charge in [0.2, 0.25) is 0 Å². The van der Waals surface area contributed by atoms with Crippen molar-refractivity contribution < 1.29 is 19.3 Å². The molecule has 22 heavy (non-hydrogen) atoms. The molecule has 1 rings (SSSR count). The van der Waals surface area contributed by atoms with Crippen LogP contribution in [0.3, 0.4) is 0 Å². The van der Waals surface area contributed by atoms with E-state index in [2.05, 4.69) is 27.4 Å². The molecule has 0 aromatic rings. The summed E-state index contributed by atoms with van der Waals surface area (Å²) in [6, 6.07) is 0. The maximum Gasteiger partial charge on any atom is 0.336 e. The Balaban J connectivity index is 2.49. The van der Waals surface area contributed by atoms with Crippen LogP contribution in [-0.4, -0.2) is 24.3 Å². The van der Waals surface area contributed by atoms with Gasteiger partial charge < -0.3 is 4.74 Å². The normalized spacial score (nSPS) is 26.0. The van der Waals surface area contributed by atoms with Gasteiger partial charge in [0, 0.05) is 0 Å². The molecule has 128 valence electrons. The average molecular weight is 312 g/mol. The standard InChI is InChI=1S/C18H32O4/c1-12(2)15-9-8-13(3)10-16(15)21-17(19)14(4)11-20-22-18(5,6)7/h12-13,15-16H,4,8-11H2,1-3,5-7H3/t13-,15+,16-/m1/s1. The Morgan fingerprint density at radius 3 is 2.45 bits per heavy atom. The molecule has 0 N–H and O–H groups in total. The summed E-state index contributed by atoms with van der Waals surface area (Å²) in [7, 11) is 0. The predicted octanol–water partition coefficient (Wildman–Crippen LogP) is 4.29. The number of carbonyl (C=O) groups excluding carboxylic acids is 1. The fraction of sp³-hybridized carbons (Fsp3) is 0.833. The Labute approximate surface area is 135 Å². The van der Waals surface area contributed by atoms with E-state index in [9.17, 15) is 4.79 Å². The van der Waals surface area contributed by atoms with E-state index in [-0.39, 0.29) is 18.7 Å². The summed E-state index contributed by atoms with van der Waals surface area (Å²) in [4.78, 5) is 22.4. The maximum atomic E-state index is 12.2. The fourth-order valence-corrected chi connectivity index (χ4v) is 2.81. The maximum absolute atomic E-state index is 12.2. The zero-order valence-corrected chi connectivity index (χ0v) is 15.0. The van der Waals surface area contributed by atoms with Crippen LogP contribution >= 0.6 is 0 Å². The van der Waals surface area contributed by atoms with Crippen LogP contribution in [0, 0.1) is 17.8 Å². The highest BCUT2D eigenvalue weighted by Crippen LogP contribution is 2.35. The van der Waals surface area contributed by atoms with Crippen molar-refractivity contribution in [2.24, 2.45) is 17.8 Å². The largest absolute Gasteiger partial charge is 0.459 e. The lowest BCUT2D eigenvalue weighted by Crippen LogP contribution is -2.36. The van der Waals surface area contributed by atoms with Gasteiger partial charge >= 0.3 is 5.97 Å². The van der Waals surface area contributed by atoms with E-state index in [0.717, 1.165) is 12.8 Å². The highest BCUT2D eigenvalue weighted by atomic mass is 17.2. The minimum Gasteiger partial charge on any atom is -0.459 e. The lowest BCUT2D eigenvalue weighted by Gasteiger charge is -2.36. The Morgan fingerprint density at radius 2 is 1.91 bits per heavy atom. The van der Waals surface area contributed by atoms with Crippen molar-refractivity contribution in [3.05, 3.63) is 12.2 Å². The SMILES string of the molecule is C=C(COOC(C)(C)C)C(=O)O[C@@H]1C[C@H](C)CC[C@H]1C(C)C. The second-order valence-electron chi connectivity index (χ2n) is 7.83. The zero-order valence-electron chi connectivity index (χ0n) is 15.0. The topological polar surface area (TPSA) is 44.8 Å². The van der Waals surface area contributed by atoms with Crippen LogP contribution in [0.15, 0.2) is 12.2 Å². The Morgan fingerprint density at radius 1 is 1.27 bits per heavy atom. The minimum atomic E-state index is -0.411. The molecule has 3 atom stereocenters. The molecule has 0 saturated heterocycles. The molecule has 1 fully saturated rings. The summed E-state index contributed by atoms with van der Waals surface area (Å²) in [6.45, 7) is 16.0. The van der Waals surface area contributed by atoms with Crippen LogP contribution in [0.2, 0.25) is 0 Å². The van der Waals surface area contributed by atoms with Crippen LogP contribution < -0.4 is 0 Å². The number of ether oxygens (including phenoxy) is 1. The van der Waals surface area contributed by atoms with Crippen molar-refractivity contribution in [1.29, 1.82) is 0 Å². The molecule has 0 radical (unpaired) electrons. The van der Waals surface area contributed by atoms with E-state index in [1.54, 1.807) is 0 Å². The summed E-state index contributed by atoms with van der Waals surface area (Å²) in [6.07, 6.45) is 3.24. The monoisotopic (exact) mass is 312 g/mol. The van der Waals surface area contributed by atoms with Crippen molar-refractivity contribution in [3.63, 3.8) is 0 Å². The smallest absolute Gasteiger partial charge is 0.336 e. The van der Waals surface area contributed by atoms with Gasteiger partial charge in [0.25, 0.3) is 0 Å². The number of esters is 1. The van der Waals surface area contributed by atoms with Crippen LogP contribution in [-0.2, 0) is 19.3 Å². The molecule has 0 bridgehead atoms. The fourth-order valence-electron chi connectivity index (χ4n) is 2.81. The van der Waals surface area contributed by atoms with Gasteiger partial charge in [0.1, 0.15) is 12.7 Å². The third kappa shape index (κ3) is 6.49. The van der Waals surface area contributed by atoms with Gasteiger partial charge in [0.15, 0.2) is 0 Å². The first kappa shape index (κ1) is 19.2. The van der Waals surface area contributed by atoms with E-state index in [1.165, 1.54) is 6.42 Å². The third-order valence-electron chi connectivity index (χ3n) is 4.05. The molecule has 1 aliphatic rings. The van der Waals surface area contributed by atoms with Crippen LogP contribution in [0.1, 0.15) is 60.8 Å². The first-order valence-electron chi connectivity index (χ1n) is 8.29. The van der Waals surface area contributed by atoms with Gasteiger partial charge in [-0.3, -0.25) is 0 Å². The van der Waals surface area contributed by atoms with E-state index in [4.69, 9.17) is 14.5 Å². The van der Waals surface area contributed by atoms with Crippen LogP contribution in [0.25, 0.3) is 0 Å². The van der Waals surface area contributed by atoms with Crippen LogP contribution in [0.4, 0.5) is 0 Å². The van der Waals surface area contributed by atoms with Crippen molar-refractivity contribution >= 4 is 5.97 Å². The average Bonchev–Trinajstić information content (AvgIpc) is 2.36. The van der Waals surface area contributed by atoms with Gasteiger partial charge in [-0.15, -0.1) is 0 Å². The lowest BCUT2D eigenvalue weighted by atomic mass is 9.75. The Kier molecular flexibility index (Phi) is 7.07. The molecule has 0 unspecified atom stereocenters. The first-order chi connectivity index (χ1) is 10.1. The van der Waals surface area contributed by atoms with Crippen molar-refractivity contribution in [2.45, 2.75) is 72.5 Å². The highest BCUT2D eigenvalue weighted by Gasteiger charge is 2.33. The van der Waals surface area contributed by atoms with E-state index < -0.39 is 5.60 Å². The third-order valence-corrected chi connectivity index (χ3v) is 4.05. The highest BCUT2D eigenvalue weighted by molar-refractivity contribution is 5.88. The molecule has 4 heteroatoms. The molecule has 0 amide bonds. The molecule has 4 nitrogen and oxygen atoms in total. The molecule has 0 heterocycles. The number of rotatable bonds is 6. The van der Waals surface area contributed by atoms with E-state index >= 15 is 0 Å². The summed E-state index contributed by atoms with van der Waals surface area (Å²) in [5, 5.41) is 0. The summed E-state index contributed by atoms with van der Waals surface area (Å²) >= 11 is 0. The van der Waals surface area contributed by atoms with Gasteiger partial charge in [0.05, 0.1) is 11.2 Å². The molecule has 0 aromatic heterocycles. The van der Waals surface area contributed by atoms with Crippen LogP contribution in [0.5, 0.6) is 0 Å². The molecule has 1 aliphatic carbocycles. The lowest BCUT2D eigenvalue weighted by molar-refractivity contribution is -0.343. The Hall–Kier alpha value is -0.870. The second kappa shape index (κ2) is 8.11. The van der Waals surface area contributed by atoms with E-state index in [1.807, 2.05) is 20.8 Å². The van der Waals surface area contributed by atoms with Crippen molar-refractivity contribution in [3.8, 4) is 0 Å². The minimum absolute atomic E-state index is 0.0171. The predicted molar refractivity (Wildman–Crippen MR) is 87.2 cm³/mol. The van der Waals surface area contributed by atoms with Crippen molar-refractivity contribution in [1.82, 2.24) is 0 Å². The van der Waals surface area contributed by atoms with Crippen molar-refractivity contribution in [2.75, 3.05) is 6.61 Å². The second-order valence-corrected chi connectivity index (χ2v) is 7.83. The molecular weight excluding hydrogens is 280 g/mol. The molecule has 0 aliphatic heterocycles. The van der Waals surface area contributed by atoms with Gasteiger partial charge in [-0.25, -0.2) is 14.6 Å². The number of hydrogen-bond acceptors (Lipinski definition) is 4. The molecule has 0 spiro atoms. The molecular formula is C18H32O4. The summed E-state index contributed by atoms with van der Waals surface area (Å²) < 4.78 is 5.71. The van der Waals surface area contributed by atoms with Gasteiger partial charge in [-0.05, 0) is 51.4 Å². The molecule has 0 aromatic carbocycles. The Bertz CT molecular complexity index is 381. The van der Waals surface area contributed by atoms with Gasteiger partial charge in [-0.1, -0.05) is 33.8 Å². The number of carbonyl (C=O) groups is 1.